The minimum Gasteiger partial charge on any atom is -0.454 e. The molecule has 3 aliphatic rings. The smallest absolute Gasteiger partial charge is 0.315 e. The maximum absolute atomic E-state index is 12.1. The average molecular weight is 331 g/mol. The normalized spacial score (nSPS) is 27.3. The summed E-state index contributed by atoms with van der Waals surface area (Å²) in [7, 11) is 0. The lowest BCUT2D eigenvalue weighted by atomic mass is 10.2. The highest BCUT2D eigenvalue weighted by Crippen LogP contribution is 2.37. The number of carbonyl (C=O) groups excluding carboxylic acids is 2. The Balaban J connectivity index is 1.26. The maximum atomic E-state index is 12.1. The van der Waals surface area contributed by atoms with Gasteiger partial charge in [-0.2, -0.15) is 0 Å². The predicted molar refractivity (Wildman–Crippen MR) is 85.6 cm³/mol. The molecule has 0 aromatic heterocycles. The fourth-order valence-corrected chi connectivity index (χ4v) is 3.36. The molecule has 0 bridgehead atoms. The van der Waals surface area contributed by atoms with Crippen LogP contribution >= 0.6 is 0 Å². The zero-order valence-corrected chi connectivity index (χ0v) is 13.6. The van der Waals surface area contributed by atoms with Crippen molar-refractivity contribution in [1.82, 2.24) is 15.5 Å². The zero-order chi connectivity index (χ0) is 16.7. The molecule has 0 spiro atoms. The number of urea groups is 1. The third-order valence-electron chi connectivity index (χ3n) is 4.85. The maximum Gasteiger partial charge on any atom is 0.315 e. The summed E-state index contributed by atoms with van der Waals surface area (Å²) in [4.78, 5) is 26.0. The molecule has 7 nitrogen and oxygen atoms in total. The largest absolute Gasteiger partial charge is 0.454 e. The van der Waals surface area contributed by atoms with E-state index in [9.17, 15) is 9.59 Å². The summed E-state index contributed by atoms with van der Waals surface area (Å²) in [5.74, 6) is 2.16. The Labute approximate surface area is 140 Å². The molecule has 3 amide bonds. The van der Waals surface area contributed by atoms with Gasteiger partial charge in [-0.1, -0.05) is 13.0 Å². The number of rotatable bonds is 4. The molecule has 128 valence electrons. The minimum atomic E-state index is -0.254. The van der Waals surface area contributed by atoms with E-state index in [0.29, 0.717) is 37.2 Å². The van der Waals surface area contributed by atoms with Gasteiger partial charge >= 0.3 is 6.03 Å². The summed E-state index contributed by atoms with van der Waals surface area (Å²) >= 11 is 0. The van der Waals surface area contributed by atoms with Gasteiger partial charge in [0.25, 0.3) is 0 Å². The topological polar surface area (TPSA) is 79.9 Å². The summed E-state index contributed by atoms with van der Waals surface area (Å²) in [6, 6.07) is 5.60. The van der Waals surface area contributed by atoms with E-state index >= 15 is 0 Å². The van der Waals surface area contributed by atoms with Crippen LogP contribution in [0.4, 0.5) is 4.79 Å². The molecule has 2 heterocycles. The second-order valence-corrected chi connectivity index (χ2v) is 6.74. The van der Waals surface area contributed by atoms with E-state index in [1.165, 1.54) is 0 Å². The monoisotopic (exact) mass is 331 g/mol. The molecule has 3 atom stereocenters. The fraction of sp³-hybridized carbons (Fsp3) is 0.529. The minimum absolute atomic E-state index is 0.109. The molecule has 1 aromatic rings. The molecule has 1 saturated heterocycles. The Morgan fingerprint density at radius 1 is 1.33 bits per heavy atom. The van der Waals surface area contributed by atoms with E-state index in [4.69, 9.17) is 9.47 Å². The van der Waals surface area contributed by atoms with Crippen molar-refractivity contribution in [3.8, 4) is 11.5 Å². The lowest BCUT2D eigenvalue weighted by molar-refractivity contribution is -0.128. The molecule has 2 fully saturated rings. The molecule has 24 heavy (non-hydrogen) atoms. The molecule has 7 heteroatoms. The van der Waals surface area contributed by atoms with Crippen molar-refractivity contribution in [2.24, 2.45) is 5.92 Å². The van der Waals surface area contributed by atoms with Gasteiger partial charge in [-0.15, -0.1) is 0 Å². The van der Waals surface area contributed by atoms with Crippen molar-refractivity contribution < 1.29 is 19.1 Å². The molecule has 2 aliphatic heterocycles. The van der Waals surface area contributed by atoms with Gasteiger partial charge in [-0.3, -0.25) is 4.79 Å². The van der Waals surface area contributed by atoms with Gasteiger partial charge < -0.3 is 25.0 Å². The Morgan fingerprint density at radius 3 is 2.92 bits per heavy atom. The highest BCUT2D eigenvalue weighted by molar-refractivity contribution is 5.82. The zero-order valence-electron chi connectivity index (χ0n) is 13.6. The van der Waals surface area contributed by atoms with Crippen molar-refractivity contribution in [2.75, 3.05) is 13.3 Å². The number of benzene rings is 1. The molecular formula is C17H21N3O4. The van der Waals surface area contributed by atoms with Crippen LogP contribution < -0.4 is 20.1 Å². The van der Waals surface area contributed by atoms with Gasteiger partial charge in [-0.05, 0) is 30.0 Å². The van der Waals surface area contributed by atoms with Crippen molar-refractivity contribution in [1.29, 1.82) is 0 Å². The lowest BCUT2D eigenvalue weighted by Gasteiger charge is -2.17. The first kappa shape index (κ1) is 15.1. The highest BCUT2D eigenvalue weighted by Gasteiger charge is 2.44. The Morgan fingerprint density at radius 2 is 2.12 bits per heavy atom. The number of carbonyl (C=O) groups is 2. The quantitative estimate of drug-likeness (QED) is 0.869. The Hall–Kier alpha value is -2.44. The number of nitrogens with zero attached hydrogens (tertiary/aromatic N) is 1. The van der Waals surface area contributed by atoms with Crippen molar-refractivity contribution >= 4 is 11.9 Å². The summed E-state index contributed by atoms with van der Waals surface area (Å²) in [6.07, 6.45) is 1.47. The number of hydrogen-bond donors (Lipinski definition) is 2. The van der Waals surface area contributed by atoms with Crippen molar-refractivity contribution in [3.63, 3.8) is 0 Å². The molecule has 0 unspecified atom stereocenters. The molecule has 1 saturated carbocycles. The molecule has 4 rings (SSSR count). The number of ether oxygens (including phenoxy) is 2. The van der Waals surface area contributed by atoms with Crippen LogP contribution in [0.5, 0.6) is 11.5 Å². The van der Waals surface area contributed by atoms with Crippen molar-refractivity contribution in [3.05, 3.63) is 23.8 Å². The number of amides is 3. The second kappa shape index (κ2) is 5.89. The molecular weight excluding hydrogens is 310 g/mol. The van der Waals surface area contributed by atoms with Crippen LogP contribution in [0, 0.1) is 5.92 Å². The molecule has 1 aliphatic carbocycles. The second-order valence-electron chi connectivity index (χ2n) is 6.74. The predicted octanol–water partition coefficient (Wildman–Crippen LogP) is 1.22. The van der Waals surface area contributed by atoms with Gasteiger partial charge in [0.1, 0.15) is 0 Å². The summed E-state index contributed by atoms with van der Waals surface area (Å²) in [5, 5.41) is 5.71. The molecule has 2 N–H and O–H groups in total. The van der Waals surface area contributed by atoms with Crippen LogP contribution in [0.3, 0.4) is 0 Å². The lowest BCUT2D eigenvalue weighted by Crippen LogP contribution is -2.43. The van der Waals surface area contributed by atoms with Crippen LogP contribution in [0.2, 0.25) is 0 Å². The van der Waals surface area contributed by atoms with E-state index in [1.807, 2.05) is 23.1 Å². The Bertz CT molecular complexity index is 678. The molecule has 0 radical (unpaired) electrons. The van der Waals surface area contributed by atoms with E-state index < -0.39 is 0 Å². The fourth-order valence-electron chi connectivity index (χ4n) is 3.36. The number of hydrogen-bond acceptors (Lipinski definition) is 4. The summed E-state index contributed by atoms with van der Waals surface area (Å²) in [5.41, 5.74) is 0.935. The van der Waals surface area contributed by atoms with Gasteiger partial charge in [0, 0.05) is 25.6 Å². The van der Waals surface area contributed by atoms with Crippen LogP contribution in [-0.4, -0.2) is 42.3 Å². The average Bonchev–Trinajstić information content (AvgIpc) is 2.96. The van der Waals surface area contributed by atoms with E-state index in [2.05, 4.69) is 17.6 Å². The van der Waals surface area contributed by atoms with Crippen molar-refractivity contribution in [2.45, 2.75) is 38.4 Å². The summed E-state index contributed by atoms with van der Waals surface area (Å²) in [6.45, 7) is 3.40. The number of nitrogens with one attached hydrogen (secondary N) is 2. The number of likely N-dealkylation sites (tertiary alicyclic amines) is 1. The summed E-state index contributed by atoms with van der Waals surface area (Å²) < 4.78 is 10.6. The van der Waals surface area contributed by atoms with Crippen LogP contribution in [0.25, 0.3) is 0 Å². The van der Waals surface area contributed by atoms with E-state index in [-0.39, 0.29) is 24.8 Å². The van der Waals surface area contributed by atoms with Gasteiger partial charge in [0.2, 0.25) is 12.7 Å². The van der Waals surface area contributed by atoms with E-state index in [0.717, 1.165) is 17.7 Å². The van der Waals surface area contributed by atoms with Crippen LogP contribution in [0.1, 0.15) is 25.3 Å². The third-order valence-corrected chi connectivity index (χ3v) is 4.85. The highest BCUT2D eigenvalue weighted by atomic mass is 16.7. The van der Waals surface area contributed by atoms with E-state index in [1.54, 1.807) is 0 Å². The first-order chi connectivity index (χ1) is 11.6. The molecule has 1 aromatic carbocycles. The number of fused-ring (bicyclic) bond motifs is 1. The van der Waals surface area contributed by atoms with Gasteiger partial charge in [-0.25, -0.2) is 4.79 Å². The van der Waals surface area contributed by atoms with Crippen LogP contribution in [-0.2, 0) is 11.3 Å². The first-order valence-corrected chi connectivity index (χ1v) is 8.32. The first-order valence-electron chi connectivity index (χ1n) is 8.32. The third kappa shape index (κ3) is 2.98. The van der Waals surface area contributed by atoms with Gasteiger partial charge in [0.15, 0.2) is 11.5 Å². The Kier molecular flexibility index (Phi) is 3.70. The van der Waals surface area contributed by atoms with Gasteiger partial charge in [0.05, 0.1) is 6.04 Å². The SMILES string of the molecule is C[C@@H]1C[C@@H]1N1C[C@H](NC(=O)NCc2ccc3c(c2)OCO3)CC1=O. The standard InChI is InChI=1S/C17H21N3O4/c1-10-4-13(10)20-8-12(6-16(20)21)19-17(22)18-7-11-2-3-14-15(5-11)24-9-23-14/h2-3,5,10,12-13H,4,6-9H2,1H3,(H2,18,19,22)/t10-,12-,13+/m1/s1. The van der Waals surface area contributed by atoms with Crippen LogP contribution in [0.15, 0.2) is 18.2 Å².